The van der Waals surface area contributed by atoms with Crippen molar-refractivity contribution in [2.45, 2.75) is 51.7 Å². The van der Waals surface area contributed by atoms with E-state index in [4.69, 9.17) is 5.73 Å². The summed E-state index contributed by atoms with van der Waals surface area (Å²) in [6, 6.07) is -0.153. The highest BCUT2D eigenvalue weighted by Gasteiger charge is 2.42. The van der Waals surface area contributed by atoms with E-state index in [9.17, 15) is 5.11 Å². The van der Waals surface area contributed by atoms with Crippen molar-refractivity contribution in [3.8, 4) is 0 Å². The first kappa shape index (κ1) is 11.7. The molecule has 0 radical (unpaired) electrons. The first-order chi connectivity index (χ1) is 6.38. The lowest BCUT2D eigenvalue weighted by Gasteiger charge is -2.44. The van der Waals surface area contributed by atoms with Crippen molar-refractivity contribution in [3.05, 3.63) is 12.2 Å². The molecular formula is C12H23NO. The van der Waals surface area contributed by atoms with Crippen LogP contribution in [-0.4, -0.2) is 16.7 Å². The molecule has 1 aliphatic rings. The van der Waals surface area contributed by atoms with Crippen LogP contribution in [-0.2, 0) is 0 Å². The summed E-state index contributed by atoms with van der Waals surface area (Å²) in [5, 5.41) is 10.5. The number of hydrogen-bond acceptors (Lipinski definition) is 2. The zero-order valence-electron chi connectivity index (χ0n) is 9.59. The Bertz CT molecular complexity index is 224. The lowest BCUT2D eigenvalue weighted by molar-refractivity contribution is -0.0693. The van der Waals surface area contributed by atoms with E-state index in [0.717, 1.165) is 19.3 Å². The molecule has 2 heteroatoms. The molecule has 0 bridgehead atoms. The molecule has 1 fully saturated rings. The number of rotatable bonds is 2. The summed E-state index contributed by atoms with van der Waals surface area (Å²) in [7, 11) is 0. The van der Waals surface area contributed by atoms with Gasteiger partial charge in [-0.2, -0.15) is 0 Å². The maximum absolute atomic E-state index is 10.5. The van der Waals surface area contributed by atoms with Crippen molar-refractivity contribution in [3.63, 3.8) is 0 Å². The van der Waals surface area contributed by atoms with Crippen molar-refractivity contribution in [2.75, 3.05) is 0 Å². The topological polar surface area (TPSA) is 46.2 Å². The minimum Gasteiger partial charge on any atom is -0.388 e. The lowest BCUT2D eigenvalue weighted by Crippen LogP contribution is -2.54. The van der Waals surface area contributed by atoms with E-state index >= 15 is 0 Å². The molecule has 0 aromatic heterocycles. The number of nitrogens with two attached hydrogens (primary N) is 1. The van der Waals surface area contributed by atoms with Gasteiger partial charge in [-0.1, -0.05) is 19.1 Å². The minimum atomic E-state index is -0.693. The van der Waals surface area contributed by atoms with Crippen molar-refractivity contribution in [1.29, 1.82) is 0 Å². The molecule has 0 aromatic rings. The van der Waals surface area contributed by atoms with Crippen LogP contribution in [0.4, 0.5) is 0 Å². The molecule has 0 spiro atoms. The molecular weight excluding hydrogens is 174 g/mol. The predicted molar refractivity (Wildman–Crippen MR) is 59.9 cm³/mol. The summed E-state index contributed by atoms with van der Waals surface area (Å²) >= 11 is 0. The Labute approximate surface area is 87.2 Å². The van der Waals surface area contributed by atoms with Gasteiger partial charge >= 0.3 is 0 Å². The van der Waals surface area contributed by atoms with E-state index in [1.165, 1.54) is 5.57 Å². The van der Waals surface area contributed by atoms with Gasteiger partial charge in [-0.3, -0.25) is 0 Å². The van der Waals surface area contributed by atoms with Crippen LogP contribution >= 0.6 is 0 Å². The second kappa shape index (κ2) is 4.03. The molecule has 0 aromatic carbocycles. The van der Waals surface area contributed by atoms with Crippen LogP contribution in [0.2, 0.25) is 0 Å². The number of allylic oxidation sites excluding steroid dienone is 1. The van der Waals surface area contributed by atoms with E-state index in [1.54, 1.807) is 0 Å². The van der Waals surface area contributed by atoms with Crippen molar-refractivity contribution in [2.24, 2.45) is 17.6 Å². The van der Waals surface area contributed by atoms with Gasteiger partial charge in [0.2, 0.25) is 0 Å². The van der Waals surface area contributed by atoms with Crippen molar-refractivity contribution >= 4 is 0 Å². The van der Waals surface area contributed by atoms with Crippen LogP contribution in [0.25, 0.3) is 0 Å². The van der Waals surface area contributed by atoms with Gasteiger partial charge in [-0.15, -0.1) is 0 Å². The summed E-state index contributed by atoms with van der Waals surface area (Å²) < 4.78 is 0. The highest BCUT2D eigenvalue weighted by molar-refractivity contribution is 5.06. The van der Waals surface area contributed by atoms with Crippen LogP contribution in [0.15, 0.2) is 12.2 Å². The van der Waals surface area contributed by atoms with Gasteiger partial charge in [0.25, 0.3) is 0 Å². The Morgan fingerprint density at radius 2 is 2.14 bits per heavy atom. The first-order valence-electron chi connectivity index (χ1n) is 5.51. The summed E-state index contributed by atoms with van der Waals surface area (Å²) in [5.41, 5.74) is 6.36. The van der Waals surface area contributed by atoms with Crippen LogP contribution in [0, 0.1) is 11.8 Å². The van der Waals surface area contributed by atoms with Gasteiger partial charge in [-0.05, 0) is 44.9 Å². The van der Waals surface area contributed by atoms with Gasteiger partial charge in [0.1, 0.15) is 0 Å². The van der Waals surface area contributed by atoms with Gasteiger partial charge in [-0.25, -0.2) is 0 Å². The summed E-state index contributed by atoms with van der Waals surface area (Å²) in [4.78, 5) is 0. The monoisotopic (exact) mass is 197 g/mol. The molecule has 0 heterocycles. The van der Waals surface area contributed by atoms with Crippen LogP contribution in [0.1, 0.15) is 40.0 Å². The van der Waals surface area contributed by atoms with Crippen LogP contribution in [0.5, 0.6) is 0 Å². The largest absolute Gasteiger partial charge is 0.388 e. The minimum absolute atomic E-state index is 0.153. The van der Waals surface area contributed by atoms with Crippen LogP contribution < -0.4 is 5.73 Å². The van der Waals surface area contributed by atoms with Gasteiger partial charge in [0.15, 0.2) is 0 Å². The average molecular weight is 197 g/mol. The normalized spacial score (nSPS) is 40.6. The van der Waals surface area contributed by atoms with Gasteiger partial charge < -0.3 is 10.8 Å². The Morgan fingerprint density at radius 3 is 2.57 bits per heavy atom. The third kappa shape index (κ3) is 2.01. The molecule has 1 saturated carbocycles. The molecule has 1 rings (SSSR count). The quantitative estimate of drug-likeness (QED) is 0.666. The number of aliphatic hydroxyl groups is 1. The van der Waals surface area contributed by atoms with Gasteiger partial charge in [0.05, 0.1) is 5.60 Å². The zero-order valence-corrected chi connectivity index (χ0v) is 9.59. The average Bonchev–Trinajstić information content (AvgIpc) is 2.09. The Morgan fingerprint density at radius 1 is 1.57 bits per heavy atom. The molecule has 4 atom stereocenters. The Kier molecular flexibility index (Phi) is 3.38. The standard InChI is InChI=1S/C12H23NO/c1-8(2)11-6-5-9(3)12(14,7-11)10(4)13/h9-11,14H,1,5-7,13H2,2-4H3. The maximum atomic E-state index is 10.5. The fourth-order valence-corrected chi connectivity index (χ4v) is 2.45. The molecule has 4 unspecified atom stereocenters. The molecule has 0 amide bonds. The fourth-order valence-electron chi connectivity index (χ4n) is 2.45. The van der Waals surface area contributed by atoms with E-state index in [0.29, 0.717) is 11.8 Å². The third-order valence-electron chi connectivity index (χ3n) is 3.86. The zero-order chi connectivity index (χ0) is 10.9. The Balaban J connectivity index is 2.78. The molecule has 2 nitrogen and oxygen atoms in total. The summed E-state index contributed by atoms with van der Waals surface area (Å²) in [6.45, 7) is 10.0. The summed E-state index contributed by atoms with van der Waals surface area (Å²) in [5.74, 6) is 0.750. The molecule has 1 aliphatic carbocycles. The van der Waals surface area contributed by atoms with Crippen LogP contribution in [0.3, 0.4) is 0 Å². The second-order valence-electron chi connectivity index (χ2n) is 5.01. The van der Waals surface area contributed by atoms with E-state index in [2.05, 4.69) is 13.5 Å². The Hall–Kier alpha value is -0.340. The van der Waals surface area contributed by atoms with E-state index < -0.39 is 5.60 Å². The second-order valence-corrected chi connectivity index (χ2v) is 5.01. The molecule has 14 heavy (non-hydrogen) atoms. The molecule has 82 valence electrons. The lowest BCUT2D eigenvalue weighted by atomic mass is 9.67. The molecule has 0 aliphatic heterocycles. The van der Waals surface area contributed by atoms with Crippen molar-refractivity contribution < 1.29 is 5.11 Å². The smallest absolute Gasteiger partial charge is 0.0826 e. The number of hydrogen-bond donors (Lipinski definition) is 2. The van der Waals surface area contributed by atoms with Crippen molar-refractivity contribution in [1.82, 2.24) is 0 Å². The SMILES string of the molecule is C=C(C)C1CCC(C)C(O)(C(C)N)C1. The first-order valence-corrected chi connectivity index (χ1v) is 5.51. The third-order valence-corrected chi connectivity index (χ3v) is 3.86. The molecule has 3 N–H and O–H groups in total. The fraction of sp³-hybridized carbons (Fsp3) is 0.833. The maximum Gasteiger partial charge on any atom is 0.0826 e. The highest BCUT2D eigenvalue weighted by atomic mass is 16.3. The van der Waals surface area contributed by atoms with Gasteiger partial charge in [0, 0.05) is 6.04 Å². The predicted octanol–water partition coefficient (Wildman–Crippen LogP) is 2.08. The summed E-state index contributed by atoms with van der Waals surface area (Å²) in [6.07, 6.45) is 2.97. The molecule has 0 saturated heterocycles. The highest BCUT2D eigenvalue weighted by Crippen LogP contribution is 2.40. The van der Waals surface area contributed by atoms with E-state index in [-0.39, 0.29) is 6.04 Å². The van der Waals surface area contributed by atoms with E-state index in [1.807, 2.05) is 13.8 Å².